The van der Waals surface area contributed by atoms with E-state index in [9.17, 15) is 14.4 Å². The SMILES string of the molecule is CC(C)(C)c1cc(C(=O)Nc2cccc(/C=C3/SC(=O)NC3=O)c2)cc(C(C)(C)C)c1. The van der Waals surface area contributed by atoms with Crippen LogP contribution in [0.5, 0.6) is 0 Å². The Kier molecular flexibility index (Phi) is 6.14. The molecule has 1 heterocycles. The zero-order chi connectivity index (χ0) is 23.0. The molecule has 31 heavy (non-hydrogen) atoms. The fourth-order valence-electron chi connectivity index (χ4n) is 3.11. The van der Waals surface area contributed by atoms with E-state index in [1.165, 1.54) is 0 Å². The lowest BCUT2D eigenvalue weighted by molar-refractivity contribution is -0.115. The minimum atomic E-state index is -0.404. The number of benzene rings is 2. The summed E-state index contributed by atoms with van der Waals surface area (Å²) in [5.41, 5.74) is 4.00. The molecule has 1 saturated heterocycles. The van der Waals surface area contributed by atoms with Crippen molar-refractivity contribution in [3.8, 4) is 0 Å². The van der Waals surface area contributed by atoms with Crippen LogP contribution < -0.4 is 10.6 Å². The fraction of sp³-hybridized carbons (Fsp3) is 0.320. The summed E-state index contributed by atoms with van der Waals surface area (Å²) in [5, 5.41) is 4.82. The minimum absolute atomic E-state index is 0.0840. The van der Waals surface area contributed by atoms with Crippen molar-refractivity contribution in [1.82, 2.24) is 5.32 Å². The van der Waals surface area contributed by atoms with Crippen molar-refractivity contribution < 1.29 is 14.4 Å². The van der Waals surface area contributed by atoms with Gasteiger partial charge in [-0.15, -0.1) is 0 Å². The van der Waals surface area contributed by atoms with E-state index in [1.807, 2.05) is 18.2 Å². The number of rotatable bonds is 3. The number of carbonyl (C=O) groups is 3. The van der Waals surface area contributed by atoms with Gasteiger partial charge in [-0.2, -0.15) is 0 Å². The third-order valence-corrected chi connectivity index (χ3v) is 5.82. The first kappa shape index (κ1) is 22.8. The van der Waals surface area contributed by atoms with Gasteiger partial charge in [0.25, 0.3) is 17.1 Å². The van der Waals surface area contributed by atoms with Gasteiger partial charge in [0.15, 0.2) is 0 Å². The molecule has 2 aromatic rings. The van der Waals surface area contributed by atoms with E-state index in [-0.39, 0.29) is 22.0 Å². The summed E-state index contributed by atoms with van der Waals surface area (Å²) in [4.78, 5) is 36.5. The molecule has 5 nitrogen and oxygen atoms in total. The maximum Gasteiger partial charge on any atom is 0.290 e. The second-order valence-electron chi connectivity index (χ2n) is 9.73. The van der Waals surface area contributed by atoms with Crippen LogP contribution in [0, 0.1) is 0 Å². The summed E-state index contributed by atoms with van der Waals surface area (Å²) in [6.07, 6.45) is 1.64. The number of hydrogen-bond donors (Lipinski definition) is 2. The van der Waals surface area contributed by atoms with Crippen molar-refractivity contribution >= 4 is 40.6 Å². The summed E-state index contributed by atoms with van der Waals surface area (Å²) in [7, 11) is 0. The van der Waals surface area contributed by atoms with Crippen molar-refractivity contribution in [3.63, 3.8) is 0 Å². The predicted molar refractivity (Wildman–Crippen MR) is 127 cm³/mol. The highest BCUT2D eigenvalue weighted by molar-refractivity contribution is 8.18. The lowest BCUT2D eigenvalue weighted by Gasteiger charge is -2.26. The van der Waals surface area contributed by atoms with E-state index in [0.717, 1.165) is 28.5 Å². The van der Waals surface area contributed by atoms with E-state index < -0.39 is 5.91 Å². The average molecular weight is 437 g/mol. The Morgan fingerprint density at radius 3 is 2.06 bits per heavy atom. The number of thioether (sulfide) groups is 1. The Morgan fingerprint density at radius 2 is 1.55 bits per heavy atom. The Morgan fingerprint density at radius 1 is 0.935 bits per heavy atom. The van der Waals surface area contributed by atoms with Crippen molar-refractivity contribution in [3.05, 3.63) is 69.6 Å². The molecule has 1 aliphatic rings. The molecule has 0 atom stereocenters. The van der Waals surface area contributed by atoms with Crippen LogP contribution in [0.4, 0.5) is 10.5 Å². The molecule has 6 heteroatoms. The van der Waals surface area contributed by atoms with Gasteiger partial charge in [-0.25, -0.2) is 0 Å². The van der Waals surface area contributed by atoms with Crippen molar-refractivity contribution in [2.24, 2.45) is 0 Å². The molecule has 0 saturated carbocycles. The third kappa shape index (κ3) is 5.64. The Bertz CT molecular complexity index is 1060. The van der Waals surface area contributed by atoms with Crippen LogP contribution in [0.3, 0.4) is 0 Å². The van der Waals surface area contributed by atoms with Crippen LogP contribution in [0.2, 0.25) is 0 Å². The summed E-state index contributed by atoms with van der Waals surface area (Å²) in [6.45, 7) is 12.8. The van der Waals surface area contributed by atoms with Crippen LogP contribution in [-0.2, 0) is 15.6 Å². The maximum absolute atomic E-state index is 13.1. The second kappa shape index (κ2) is 8.35. The number of amides is 3. The first-order valence-electron chi connectivity index (χ1n) is 10.2. The molecule has 2 aromatic carbocycles. The van der Waals surface area contributed by atoms with E-state index >= 15 is 0 Å². The van der Waals surface area contributed by atoms with E-state index in [4.69, 9.17) is 0 Å². The third-order valence-electron chi connectivity index (χ3n) is 5.01. The van der Waals surface area contributed by atoms with Crippen LogP contribution in [0.1, 0.15) is 68.6 Å². The Balaban J connectivity index is 1.89. The molecular weight excluding hydrogens is 408 g/mol. The van der Waals surface area contributed by atoms with Gasteiger partial charge in [0.05, 0.1) is 4.91 Å². The van der Waals surface area contributed by atoms with Gasteiger partial charge in [0.1, 0.15) is 0 Å². The van der Waals surface area contributed by atoms with Crippen molar-refractivity contribution in [2.75, 3.05) is 5.32 Å². The van der Waals surface area contributed by atoms with E-state index in [0.29, 0.717) is 16.2 Å². The Hall–Kier alpha value is -2.86. The molecule has 1 aliphatic heterocycles. The van der Waals surface area contributed by atoms with Gasteiger partial charge in [-0.1, -0.05) is 59.7 Å². The highest BCUT2D eigenvalue weighted by Gasteiger charge is 2.25. The normalized spacial score (nSPS) is 15.9. The first-order valence-corrected chi connectivity index (χ1v) is 11.0. The van der Waals surface area contributed by atoms with E-state index in [2.05, 4.69) is 58.2 Å². The molecule has 0 unspecified atom stereocenters. The summed E-state index contributed by atoms with van der Waals surface area (Å²) in [6, 6.07) is 13.3. The highest BCUT2D eigenvalue weighted by atomic mass is 32.2. The zero-order valence-corrected chi connectivity index (χ0v) is 19.6. The number of hydrogen-bond acceptors (Lipinski definition) is 4. The number of anilines is 1. The molecule has 0 aliphatic carbocycles. The number of imide groups is 1. The molecule has 0 aromatic heterocycles. The molecule has 162 valence electrons. The van der Waals surface area contributed by atoms with Crippen molar-refractivity contribution in [1.29, 1.82) is 0 Å². The topological polar surface area (TPSA) is 75.3 Å². The largest absolute Gasteiger partial charge is 0.322 e. The van der Waals surface area contributed by atoms with Crippen LogP contribution in [0.25, 0.3) is 6.08 Å². The Labute approximate surface area is 187 Å². The fourth-order valence-corrected chi connectivity index (χ4v) is 3.79. The number of carbonyl (C=O) groups excluding carboxylic acids is 3. The quantitative estimate of drug-likeness (QED) is 0.591. The molecule has 0 spiro atoms. The molecule has 1 fully saturated rings. The molecule has 2 N–H and O–H groups in total. The van der Waals surface area contributed by atoms with Crippen LogP contribution in [-0.4, -0.2) is 17.1 Å². The number of nitrogens with one attached hydrogen (secondary N) is 2. The predicted octanol–water partition coefficient (Wildman–Crippen LogP) is 5.86. The van der Waals surface area contributed by atoms with Gasteiger partial charge < -0.3 is 5.32 Å². The lowest BCUT2D eigenvalue weighted by atomic mass is 9.79. The highest BCUT2D eigenvalue weighted by Crippen LogP contribution is 2.31. The zero-order valence-electron chi connectivity index (χ0n) is 18.8. The molecule has 0 bridgehead atoms. The minimum Gasteiger partial charge on any atom is -0.322 e. The average Bonchev–Trinajstić information content (AvgIpc) is 2.97. The molecular formula is C25H28N2O3S. The molecule has 3 amide bonds. The molecule has 0 radical (unpaired) electrons. The van der Waals surface area contributed by atoms with Gasteiger partial charge in [-0.3, -0.25) is 19.7 Å². The van der Waals surface area contributed by atoms with Gasteiger partial charge in [0, 0.05) is 11.3 Å². The standard InChI is InChI=1S/C25H28N2O3S/c1-24(2,3)17-12-16(13-18(14-17)25(4,5)6)21(28)26-19-9-7-8-15(10-19)11-20-22(29)27-23(30)31-20/h7-14H,1-6H3,(H,26,28)(H,27,29,30)/b20-11+. The van der Waals surface area contributed by atoms with E-state index in [1.54, 1.807) is 24.3 Å². The van der Waals surface area contributed by atoms with Crippen LogP contribution in [0.15, 0.2) is 47.4 Å². The first-order chi connectivity index (χ1) is 14.3. The summed E-state index contributed by atoms with van der Waals surface area (Å²) < 4.78 is 0. The van der Waals surface area contributed by atoms with Gasteiger partial charge >= 0.3 is 0 Å². The van der Waals surface area contributed by atoms with Gasteiger partial charge in [0.2, 0.25) is 0 Å². The smallest absolute Gasteiger partial charge is 0.290 e. The summed E-state index contributed by atoms with van der Waals surface area (Å²) >= 11 is 0.867. The maximum atomic E-state index is 13.1. The monoisotopic (exact) mass is 436 g/mol. The summed E-state index contributed by atoms with van der Waals surface area (Å²) in [5.74, 6) is -0.595. The molecule has 3 rings (SSSR count). The van der Waals surface area contributed by atoms with Crippen LogP contribution >= 0.6 is 11.8 Å². The second-order valence-corrected chi connectivity index (χ2v) is 10.7. The lowest BCUT2D eigenvalue weighted by Crippen LogP contribution is -2.20. The van der Waals surface area contributed by atoms with Crippen molar-refractivity contribution in [2.45, 2.75) is 52.4 Å². The van der Waals surface area contributed by atoms with Gasteiger partial charge in [-0.05, 0) is 69.6 Å².